The number of hydrogen-bond acceptors (Lipinski definition) is 5. The van der Waals surface area contributed by atoms with Gasteiger partial charge < -0.3 is 5.73 Å². The molecule has 0 radical (unpaired) electrons. The number of hydrogen-bond donors (Lipinski definition) is 1. The lowest BCUT2D eigenvalue weighted by atomic mass is 10.0. The number of piperazine rings is 1. The Kier molecular flexibility index (Phi) is 5.63. The van der Waals surface area contributed by atoms with E-state index in [-0.39, 0.29) is 11.3 Å². The lowest BCUT2D eigenvalue weighted by molar-refractivity contribution is 0.0594. The normalized spacial score (nSPS) is 20.3. The van der Waals surface area contributed by atoms with Gasteiger partial charge in [0, 0.05) is 44.8 Å². The first-order valence-electron chi connectivity index (χ1n) is 7.39. The number of sulfone groups is 1. The summed E-state index contributed by atoms with van der Waals surface area (Å²) in [5, 5.41) is 0. The molecule has 6 heteroatoms. The molecule has 1 heterocycles. The van der Waals surface area contributed by atoms with Crippen LogP contribution < -0.4 is 5.73 Å². The second-order valence-corrected chi connectivity index (χ2v) is 10.1. The second-order valence-electron chi connectivity index (χ2n) is 7.28. The van der Waals surface area contributed by atoms with Gasteiger partial charge in [-0.1, -0.05) is 0 Å². The molecule has 1 aliphatic rings. The van der Waals surface area contributed by atoms with E-state index in [0.717, 1.165) is 26.2 Å². The fourth-order valence-corrected chi connectivity index (χ4v) is 3.37. The van der Waals surface area contributed by atoms with Gasteiger partial charge in [-0.05, 0) is 34.6 Å². The molecule has 5 nitrogen and oxygen atoms in total. The van der Waals surface area contributed by atoms with Gasteiger partial charge in [-0.25, -0.2) is 8.42 Å². The third kappa shape index (κ3) is 4.41. The fraction of sp³-hybridized carbons (Fsp3) is 1.00. The molecule has 0 aromatic carbocycles. The van der Waals surface area contributed by atoms with Crippen molar-refractivity contribution in [1.82, 2.24) is 9.80 Å². The van der Waals surface area contributed by atoms with Crippen molar-refractivity contribution >= 4 is 9.84 Å². The predicted molar refractivity (Wildman–Crippen MR) is 84.7 cm³/mol. The van der Waals surface area contributed by atoms with E-state index < -0.39 is 14.6 Å². The van der Waals surface area contributed by atoms with E-state index in [1.165, 1.54) is 0 Å². The van der Waals surface area contributed by atoms with Crippen LogP contribution in [0.1, 0.15) is 34.6 Å². The van der Waals surface area contributed by atoms with Gasteiger partial charge in [-0.2, -0.15) is 0 Å². The quantitative estimate of drug-likeness (QED) is 0.804. The molecule has 20 heavy (non-hydrogen) atoms. The van der Waals surface area contributed by atoms with Crippen molar-refractivity contribution in [2.45, 2.75) is 44.9 Å². The molecule has 1 fully saturated rings. The van der Waals surface area contributed by atoms with E-state index in [1.807, 2.05) is 0 Å². The maximum absolute atomic E-state index is 12.1. The molecular weight excluding hydrogens is 274 g/mol. The zero-order valence-electron chi connectivity index (χ0n) is 13.6. The maximum Gasteiger partial charge on any atom is 0.156 e. The lowest BCUT2D eigenvalue weighted by Crippen LogP contribution is -2.57. The average molecular weight is 305 g/mol. The maximum atomic E-state index is 12.1. The molecule has 0 saturated carbocycles. The standard InChI is InChI=1S/C14H31N3O2S/c1-13(2,3)20(18,19)11-10-16-6-8-17(9-7-16)14(4,5)12-15/h6-12,15H2,1-5H3. The van der Waals surface area contributed by atoms with E-state index in [0.29, 0.717) is 13.1 Å². The third-order valence-electron chi connectivity index (χ3n) is 4.34. The van der Waals surface area contributed by atoms with E-state index in [1.54, 1.807) is 20.8 Å². The Balaban J connectivity index is 2.45. The van der Waals surface area contributed by atoms with Crippen LogP contribution in [-0.4, -0.2) is 73.5 Å². The minimum absolute atomic E-state index is 0.0313. The van der Waals surface area contributed by atoms with Crippen LogP contribution in [0.3, 0.4) is 0 Å². The molecule has 0 unspecified atom stereocenters. The predicted octanol–water partition coefficient (Wildman–Crippen LogP) is 0.555. The smallest absolute Gasteiger partial charge is 0.156 e. The molecular formula is C14H31N3O2S. The van der Waals surface area contributed by atoms with Crippen LogP contribution in [0.4, 0.5) is 0 Å². The molecule has 1 aliphatic heterocycles. The highest BCUT2D eigenvalue weighted by molar-refractivity contribution is 7.92. The first kappa shape index (κ1) is 17.9. The van der Waals surface area contributed by atoms with Crippen LogP contribution in [0, 0.1) is 0 Å². The third-order valence-corrected chi connectivity index (χ3v) is 6.92. The largest absolute Gasteiger partial charge is 0.329 e. The summed E-state index contributed by atoms with van der Waals surface area (Å²) in [5.41, 5.74) is 5.83. The molecule has 1 saturated heterocycles. The summed E-state index contributed by atoms with van der Waals surface area (Å²) in [6, 6.07) is 0. The second kappa shape index (κ2) is 6.30. The summed E-state index contributed by atoms with van der Waals surface area (Å²) in [4.78, 5) is 4.63. The summed E-state index contributed by atoms with van der Waals surface area (Å²) in [5.74, 6) is 0.247. The number of rotatable bonds is 5. The highest BCUT2D eigenvalue weighted by atomic mass is 32.2. The van der Waals surface area contributed by atoms with Gasteiger partial charge in [0.1, 0.15) is 0 Å². The Hall–Kier alpha value is -0.170. The molecule has 0 bridgehead atoms. The zero-order chi connectivity index (χ0) is 15.6. The monoisotopic (exact) mass is 305 g/mol. The molecule has 2 N–H and O–H groups in total. The van der Waals surface area contributed by atoms with Gasteiger partial charge in [0.05, 0.1) is 10.5 Å². The Morgan fingerprint density at radius 1 is 1.00 bits per heavy atom. The van der Waals surface area contributed by atoms with E-state index >= 15 is 0 Å². The zero-order valence-corrected chi connectivity index (χ0v) is 14.5. The first-order chi connectivity index (χ1) is 8.99. The van der Waals surface area contributed by atoms with Gasteiger partial charge in [0.15, 0.2) is 9.84 Å². The van der Waals surface area contributed by atoms with Crippen LogP contribution in [0.15, 0.2) is 0 Å². The van der Waals surface area contributed by atoms with Gasteiger partial charge >= 0.3 is 0 Å². The van der Waals surface area contributed by atoms with Crippen molar-refractivity contribution in [3.05, 3.63) is 0 Å². The number of nitrogens with two attached hydrogens (primary N) is 1. The molecule has 0 aromatic rings. The molecule has 0 amide bonds. The summed E-state index contributed by atoms with van der Waals surface area (Å²) >= 11 is 0. The first-order valence-corrected chi connectivity index (χ1v) is 9.04. The summed E-state index contributed by atoms with van der Waals surface area (Å²) < 4.78 is 23.6. The average Bonchev–Trinajstić information content (AvgIpc) is 2.35. The molecule has 1 rings (SSSR count). The molecule has 0 aliphatic carbocycles. The molecule has 0 atom stereocenters. The Bertz CT molecular complexity index is 405. The highest BCUT2D eigenvalue weighted by Crippen LogP contribution is 2.18. The number of nitrogens with zero attached hydrogens (tertiary/aromatic N) is 2. The van der Waals surface area contributed by atoms with Crippen molar-refractivity contribution in [3.63, 3.8) is 0 Å². The lowest BCUT2D eigenvalue weighted by Gasteiger charge is -2.43. The van der Waals surface area contributed by atoms with Crippen LogP contribution in [0.5, 0.6) is 0 Å². The van der Waals surface area contributed by atoms with Crippen LogP contribution in [0.25, 0.3) is 0 Å². The summed E-state index contributed by atoms with van der Waals surface area (Å²) in [6.07, 6.45) is 0. The van der Waals surface area contributed by atoms with Crippen LogP contribution in [0.2, 0.25) is 0 Å². The van der Waals surface area contributed by atoms with Crippen molar-refractivity contribution < 1.29 is 8.42 Å². The van der Waals surface area contributed by atoms with Crippen molar-refractivity contribution in [3.8, 4) is 0 Å². The highest BCUT2D eigenvalue weighted by Gasteiger charge is 2.31. The van der Waals surface area contributed by atoms with Crippen molar-refractivity contribution in [2.75, 3.05) is 45.0 Å². The summed E-state index contributed by atoms with van der Waals surface area (Å²) in [7, 11) is -3.02. The van der Waals surface area contributed by atoms with Gasteiger partial charge in [0.2, 0.25) is 0 Å². The van der Waals surface area contributed by atoms with Gasteiger partial charge in [0.25, 0.3) is 0 Å². The van der Waals surface area contributed by atoms with Crippen molar-refractivity contribution in [1.29, 1.82) is 0 Å². The van der Waals surface area contributed by atoms with Crippen LogP contribution >= 0.6 is 0 Å². The molecule has 120 valence electrons. The van der Waals surface area contributed by atoms with Gasteiger partial charge in [-0.15, -0.1) is 0 Å². The molecule has 0 aromatic heterocycles. The summed E-state index contributed by atoms with van der Waals surface area (Å²) in [6.45, 7) is 14.7. The minimum atomic E-state index is -3.02. The Morgan fingerprint density at radius 3 is 1.90 bits per heavy atom. The van der Waals surface area contributed by atoms with E-state index in [9.17, 15) is 8.42 Å². The van der Waals surface area contributed by atoms with E-state index in [2.05, 4.69) is 23.6 Å². The van der Waals surface area contributed by atoms with Gasteiger partial charge in [-0.3, -0.25) is 9.80 Å². The Morgan fingerprint density at radius 2 is 1.50 bits per heavy atom. The minimum Gasteiger partial charge on any atom is -0.329 e. The van der Waals surface area contributed by atoms with Crippen LogP contribution in [-0.2, 0) is 9.84 Å². The topological polar surface area (TPSA) is 66.6 Å². The fourth-order valence-electron chi connectivity index (χ4n) is 2.26. The Labute approximate surface area is 124 Å². The van der Waals surface area contributed by atoms with E-state index in [4.69, 9.17) is 5.73 Å². The van der Waals surface area contributed by atoms with Crippen molar-refractivity contribution in [2.24, 2.45) is 5.73 Å². The SMILES string of the molecule is CC(C)(CN)N1CCN(CCS(=O)(=O)C(C)(C)C)CC1. The molecule has 0 spiro atoms.